The molecular formula is C11H14ClFO3S. The van der Waals surface area contributed by atoms with E-state index in [0.29, 0.717) is 0 Å². The quantitative estimate of drug-likeness (QED) is 0.861. The van der Waals surface area contributed by atoms with Crippen molar-refractivity contribution in [3.8, 4) is 0 Å². The van der Waals surface area contributed by atoms with Gasteiger partial charge in [0.05, 0.1) is 0 Å². The van der Waals surface area contributed by atoms with Crippen molar-refractivity contribution in [3.05, 3.63) is 35.6 Å². The second-order valence-electron chi connectivity index (χ2n) is 3.84. The number of halogens is 2. The third kappa shape index (κ3) is 2.78. The van der Waals surface area contributed by atoms with Crippen LogP contribution in [0.5, 0.6) is 0 Å². The molecular weight excluding hydrogens is 267 g/mol. The van der Waals surface area contributed by atoms with Crippen LogP contribution in [0.15, 0.2) is 24.3 Å². The minimum absolute atomic E-state index is 0.175. The fourth-order valence-electron chi connectivity index (χ4n) is 1.40. The molecule has 0 spiro atoms. The van der Waals surface area contributed by atoms with Gasteiger partial charge in [-0.05, 0) is 24.6 Å². The number of aliphatic hydroxyl groups excluding tert-OH is 1. The Hall–Kier alpha value is -0.650. The highest BCUT2D eigenvalue weighted by Gasteiger charge is 2.43. The average molecular weight is 281 g/mol. The lowest BCUT2D eigenvalue weighted by Crippen LogP contribution is -2.37. The zero-order chi connectivity index (χ0) is 13.3. The topological polar surface area (TPSA) is 54.4 Å². The molecule has 1 aromatic carbocycles. The Morgan fingerprint density at radius 3 is 2.29 bits per heavy atom. The van der Waals surface area contributed by atoms with Gasteiger partial charge >= 0.3 is 0 Å². The lowest BCUT2D eigenvalue weighted by molar-refractivity contribution is 0.162. The number of benzene rings is 1. The first kappa shape index (κ1) is 14.4. The van der Waals surface area contributed by atoms with E-state index in [1.807, 2.05) is 0 Å². The van der Waals surface area contributed by atoms with Crippen molar-refractivity contribution >= 4 is 21.4 Å². The molecule has 0 fully saturated rings. The van der Waals surface area contributed by atoms with Crippen LogP contribution in [-0.2, 0) is 9.84 Å². The molecule has 0 saturated heterocycles. The second-order valence-corrected chi connectivity index (χ2v) is 7.51. The van der Waals surface area contributed by atoms with Crippen LogP contribution in [0.2, 0.25) is 0 Å². The van der Waals surface area contributed by atoms with Gasteiger partial charge in [0.1, 0.15) is 11.9 Å². The summed E-state index contributed by atoms with van der Waals surface area (Å²) in [7, 11) is -3.63. The minimum Gasteiger partial charge on any atom is -0.385 e. The second kappa shape index (κ2) is 4.92. The van der Waals surface area contributed by atoms with Crippen molar-refractivity contribution in [2.75, 3.05) is 5.75 Å². The highest BCUT2D eigenvalue weighted by Crippen LogP contribution is 2.37. The lowest BCUT2D eigenvalue weighted by Gasteiger charge is -2.27. The molecule has 0 aromatic heterocycles. The van der Waals surface area contributed by atoms with E-state index in [1.54, 1.807) is 0 Å². The molecule has 0 amide bonds. The first-order valence-corrected chi connectivity index (χ1v) is 7.10. The van der Waals surface area contributed by atoms with Gasteiger partial charge in [-0.1, -0.05) is 30.7 Å². The molecule has 17 heavy (non-hydrogen) atoms. The van der Waals surface area contributed by atoms with Crippen LogP contribution in [0.25, 0.3) is 0 Å². The Morgan fingerprint density at radius 2 is 1.88 bits per heavy atom. The summed E-state index contributed by atoms with van der Waals surface area (Å²) in [6.07, 6.45) is -1.41. The molecule has 0 aliphatic rings. The molecule has 96 valence electrons. The Labute approximate surface area is 105 Å². The van der Waals surface area contributed by atoms with E-state index in [4.69, 9.17) is 11.6 Å². The zero-order valence-corrected chi connectivity index (χ0v) is 11.1. The predicted octanol–water partition coefficient (Wildman–Crippen LogP) is 2.25. The van der Waals surface area contributed by atoms with Crippen molar-refractivity contribution in [3.63, 3.8) is 0 Å². The first-order chi connectivity index (χ1) is 7.72. The van der Waals surface area contributed by atoms with Crippen LogP contribution < -0.4 is 0 Å². The van der Waals surface area contributed by atoms with E-state index in [9.17, 15) is 17.9 Å². The molecule has 1 rings (SSSR count). The molecule has 1 aromatic rings. The number of hydrogen-bond donors (Lipinski definition) is 1. The van der Waals surface area contributed by atoms with Crippen molar-refractivity contribution in [2.24, 2.45) is 0 Å². The fraction of sp³-hybridized carbons (Fsp3) is 0.455. The van der Waals surface area contributed by atoms with Crippen LogP contribution >= 0.6 is 11.6 Å². The Balaban J connectivity index is 3.12. The van der Waals surface area contributed by atoms with Crippen LogP contribution in [-0.4, -0.2) is 23.5 Å². The maximum Gasteiger partial charge on any atom is 0.172 e. The van der Waals surface area contributed by atoms with E-state index in [-0.39, 0.29) is 11.3 Å². The Kier molecular flexibility index (Phi) is 4.17. The minimum atomic E-state index is -3.63. The monoisotopic (exact) mass is 280 g/mol. The number of hydrogen-bond acceptors (Lipinski definition) is 3. The van der Waals surface area contributed by atoms with Gasteiger partial charge in [0.25, 0.3) is 0 Å². The number of alkyl halides is 1. The standard InChI is InChI=1S/C11H14ClFO3S/c1-3-17(15,16)11(2,12)10(14)8-4-6-9(13)7-5-8/h4-7,10,14H,3H2,1-2H3/t10-,11-/m0/s1. The van der Waals surface area contributed by atoms with Crippen LogP contribution in [0, 0.1) is 5.82 Å². The summed E-state index contributed by atoms with van der Waals surface area (Å²) in [5.74, 6) is -0.638. The first-order valence-electron chi connectivity index (χ1n) is 5.07. The third-order valence-electron chi connectivity index (χ3n) is 2.66. The van der Waals surface area contributed by atoms with Crippen LogP contribution in [0.3, 0.4) is 0 Å². The lowest BCUT2D eigenvalue weighted by atomic mass is 10.1. The summed E-state index contributed by atoms with van der Waals surface area (Å²) in [6, 6.07) is 4.91. The van der Waals surface area contributed by atoms with Crippen molar-refractivity contribution in [1.82, 2.24) is 0 Å². The van der Waals surface area contributed by atoms with E-state index in [2.05, 4.69) is 0 Å². The van der Waals surface area contributed by atoms with E-state index < -0.39 is 26.0 Å². The van der Waals surface area contributed by atoms with Gasteiger partial charge in [-0.25, -0.2) is 12.8 Å². The Morgan fingerprint density at radius 1 is 1.41 bits per heavy atom. The third-order valence-corrected chi connectivity index (χ3v) is 5.77. The predicted molar refractivity (Wildman–Crippen MR) is 65.1 cm³/mol. The Bertz CT molecular complexity index is 482. The van der Waals surface area contributed by atoms with Gasteiger partial charge in [0.15, 0.2) is 14.0 Å². The summed E-state index contributed by atoms with van der Waals surface area (Å²) in [5.41, 5.74) is 0.265. The summed E-state index contributed by atoms with van der Waals surface area (Å²) >= 11 is 5.92. The van der Waals surface area contributed by atoms with Gasteiger partial charge < -0.3 is 5.11 Å². The van der Waals surface area contributed by atoms with Crippen LogP contribution in [0.1, 0.15) is 25.5 Å². The molecule has 0 aliphatic heterocycles. The van der Waals surface area contributed by atoms with E-state index in [0.717, 1.165) is 12.1 Å². The molecule has 1 N–H and O–H groups in total. The highest BCUT2D eigenvalue weighted by atomic mass is 35.5. The van der Waals surface area contributed by atoms with Gasteiger partial charge in [-0.3, -0.25) is 0 Å². The molecule has 0 saturated carbocycles. The highest BCUT2D eigenvalue weighted by molar-refractivity contribution is 7.94. The summed E-state index contributed by atoms with van der Waals surface area (Å²) in [6.45, 7) is 2.69. The SMILES string of the molecule is CCS(=O)(=O)[C@](C)(Cl)[C@@H](O)c1ccc(F)cc1. The summed E-state index contributed by atoms with van der Waals surface area (Å²) in [4.78, 5) is 0. The average Bonchev–Trinajstić information content (AvgIpc) is 2.28. The maximum absolute atomic E-state index is 12.7. The molecule has 2 atom stereocenters. The van der Waals surface area contributed by atoms with Gasteiger partial charge in [0.2, 0.25) is 0 Å². The molecule has 0 aliphatic carbocycles. The van der Waals surface area contributed by atoms with Crippen molar-refractivity contribution < 1.29 is 17.9 Å². The van der Waals surface area contributed by atoms with Crippen molar-refractivity contribution in [1.29, 1.82) is 0 Å². The molecule has 0 heterocycles. The number of rotatable bonds is 4. The van der Waals surface area contributed by atoms with Gasteiger partial charge in [-0.2, -0.15) is 0 Å². The van der Waals surface area contributed by atoms with Gasteiger partial charge in [0, 0.05) is 5.75 Å². The molecule has 3 nitrogen and oxygen atoms in total. The van der Waals surface area contributed by atoms with E-state index >= 15 is 0 Å². The zero-order valence-electron chi connectivity index (χ0n) is 9.52. The summed E-state index contributed by atoms with van der Waals surface area (Å²) < 4.78 is 34.4. The molecule has 6 heteroatoms. The maximum atomic E-state index is 12.7. The smallest absolute Gasteiger partial charge is 0.172 e. The largest absolute Gasteiger partial charge is 0.385 e. The summed E-state index contributed by atoms with van der Waals surface area (Å²) in [5, 5.41) is 9.97. The normalized spacial score (nSPS) is 17.5. The number of sulfone groups is 1. The van der Waals surface area contributed by atoms with Gasteiger partial charge in [-0.15, -0.1) is 0 Å². The molecule has 0 radical (unpaired) electrons. The van der Waals surface area contributed by atoms with Crippen molar-refractivity contribution in [2.45, 2.75) is 24.2 Å². The van der Waals surface area contributed by atoms with Crippen LogP contribution in [0.4, 0.5) is 4.39 Å². The molecule has 0 unspecified atom stereocenters. The fourth-order valence-corrected chi connectivity index (χ4v) is 2.89. The number of aliphatic hydroxyl groups is 1. The van der Waals surface area contributed by atoms with E-state index in [1.165, 1.54) is 26.0 Å². The molecule has 0 bridgehead atoms.